The third-order valence-electron chi connectivity index (χ3n) is 5.32. The number of alkyl halides is 3. The van der Waals surface area contributed by atoms with Gasteiger partial charge in [0.15, 0.2) is 0 Å². The zero-order valence-corrected chi connectivity index (χ0v) is 15.5. The molecule has 1 amide bonds. The zero-order valence-electron chi connectivity index (χ0n) is 15.5. The van der Waals surface area contributed by atoms with Gasteiger partial charge in [-0.1, -0.05) is 50.3 Å². The number of para-hydroxylation sites is 1. The molecule has 3 rings (SSSR count). The number of rotatable bonds is 5. The van der Waals surface area contributed by atoms with Crippen LogP contribution in [0.15, 0.2) is 36.5 Å². The van der Waals surface area contributed by atoms with Gasteiger partial charge in [0.05, 0.1) is 17.5 Å². The molecule has 1 aliphatic rings. The van der Waals surface area contributed by atoms with Gasteiger partial charge in [0.25, 0.3) is 5.91 Å². The number of aromatic nitrogens is 1. The Balaban J connectivity index is 1.79. The largest absolute Gasteiger partial charge is 0.391 e. The van der Waals surface area contributed by atoms with Gasteiger partial charge in [-0.25, -0.2) is 0 Å². The monoisotopic (exact) mass is 378 g/mol. The lowest BCUT2D eigenvalue weighted by molar-refractivity contribution is -0.149. The Morgan fingerprint density at radius 3 is 2.59 bits per heavy atom. The van der Waals surface area contributed by atoms with Crippen molar-refractivity contribution in [2.45, 2.75) is 63.6 Å². The Kier molecular flexibility index (Phi) is 5.72. The van der Waals surface area contributed by atoms with E-state index in [2.05, 4.69) is 10.3 Å². The number of nitrogens with zero attached hydrogens (tertiary/aromatic N) is 1. The van der Waals surface area contributed by atoms with Crippen molar-refractivity contribution in [3.05, 3.63) is 42.1 Å². The van der Waals surface area contributed by atoms with Gasteiger partial charge in [-0.15, -0.1) is 0 Å². The van der Waals surface area contributed by atoms with E-state index < -0.39 is 24.0 Å². The maximum Gasteiger partial charge on any atom is 0.391 e. The molecule has 0 spiro atoms. The lowest BCUT2D eigenvalue weighted by Gasteiger charge is -2.36. The van der Waals surface area contributed by atoms with Crippen LogP contribution in [0.3, 0.4) is 0 Å². The molecule has 6 heteroatoms. The van der Waals surface area contributed by atoms with Crippen molar-refractivity contribution in [1.29, 1.82) is 0 Å². The highest BCUT2D eigenvalue weighted by Gasteiger charge is 2.41. The topological polar surface area (TPSA) is 42.0 Å². The van der Waals surface area contributed by atoms with E-state index in [4.69, 9.17) is 0 Å². The van der Waals surface area contributed by atoms with E-state index in [0.717, 1.165) is 43.0 Å². The fraction of sp³-hybridized carbons (Fsp3) is 0.524. The number of pyridine rings is 1. The van der Waals surface area contributed by atoms with Crippen LogP contribution in [-0.4, -0.2) is 22.6 Å². The first-order valence-corrected chi connectivity index (χ1v) is 9.48. The van der Waals surface area contributed by atoms with Crippen LogP contribution in [-0.2, 0) is 0 Å². The van der Waals surface area contributed by atoms with Gasteiger partial charge >= 0.3 is 6.18 Å². The predicted octanol–water partition coefficient (Wildman–Crippen LogP) is 5.65. The maximum atomic E-state index is 13.2. The molecule has 0 bridgehead atoms. The molecule has 1 unspecified atom stereocenters. The van der Waals surface area contributed by atoms with Crippen molar-refractivity contribution >= 4 is 16.8 Å². The first-order valence-electron chi connectivity index (χ1n) is 9.48. The summed E-state index contributed by atoms with van der Waals surface area (Å²) in [5, 5.41) is 3.47. The molecule has 146 valence electrons. The molecule has 1 aromatic heterocycles. The maximum absolute atomic E-state index is 13.2. The molecular formula is C21H25F3N2O. The van der Waals surface area contributed by atoms with Crippen molar-refractivity contribution in [3.8, 4) is 0 Å². The number of benzene rings is 1. The SMILES string of the molecule is CC(CC1CCCCC1)(CC(F)(F)F)NC(=O)c1cnc2ccccc2c1. The summed E-state index contributed by atoms with van der Waals surface area (Å²) < 4.78 is 39.6. The fourth-order valence-corrected chi connectivity index (χ4v) is 4.18. The number of nitrogens with one attached hydrogen (secondary N) is 1. The van der Waals surface area contributed by atoms with E-state index in [9.17, 15) is 18.0 Å². The van der Waals surface area contributed by atoms with Crippen LogP contribution >= 0.6 is 0 Å². The summed E-state index contributed by atoms with van der Waals surface area (Å²) in [5.74, 6) is -0.281. The number of hydrogen-bond donors (Lipinski definition) is 1. The van der Waals surface area contributed by atoms with Crippen LogP contribution in [0.1, 0.15) is 62.2 Å². The predicted molar refractivity (Wildman–Crippen MR) is 99.5 cm³/mol. The summed E-state index contributed by atoms with van der Waals surface area (Å²) in [6, 6.07) is 9.01. The molecule has 0 radical (unpaired) electrons. The van der Waals surface area contributed by atoms with Gasteiger partial charge in [-0.3, -0.25) is 9.78 Å². The molecule has 2 aromatic rings. The van der Waals surface area contributed by atoms with E-state index in [1.807, 2.05) is 24.3 Å². The second-order valence-electron chi connectivity index (χ2n) is 7.93. The van der Waals surface area contributed by atoms with Crippen LogP contribution in [0, 0.1) is 5.92 Å². The molecule has 0 saturated heterocycles. The second-order valence-corrected chi connectivity index (χ2v) is 7.93. The summed E-state index contributed by atoms with van der Waals surface area (Å²) in [4.78, 5) is 17.0. The third-order valence-corrected chi connectivity index (χ3v) is 5.32. The number of fused-ring (bicyclic) bond motifs is 1. The second kappa shape index (κ2) is 7.87. The summed E-state index contributed by atoms with van der Waals surface area (Å²) in [6.45, 7) is 1.52. The van der Waals surface area contributed by atoms with Crippen LogP contribution in [0.4, 0.5) is 13.2 Å². The molecule has 3 nitrogen and oxygen atoms in total. The quantitative estimate of drug-likeness (QED) is 0.731. The van der Waals surface area contributed by atoms with E-state index in [1.54, 1.807) is 6.07 Å². The summed E-state index contributed by atoms with van der Waals surface area (Å²) in [6.07, 6.45) is 1.51. The van der Waals surface area contributed by atoms with Crippen molar-refractivity contribution in [1.82, 2.24) is 10.3 Å². The molecule has 1 aliphatic carbocycles. The van der Waals surface area contributed by atoms with Crippen molar-refractivity contribution in [2.75, 3.05) is 0 Å². The molecule has 27 heavy (non-hydrogen) atoms. The molecule has 0 aliphatic heterocycles. The highest BCUT2D eigenvalue weighted by molar-refractivity contribution is 5.97. The zero-order chi connectivity index (χ0) is 19.5. The summed E-state index contributed by atoms with van der Waals surface area (Å²) >= 11 is 0. The molecule has 1 fully saturated rings. The van der Waals surface area contributed by atoms with Gasteiger partial charge in [0.1, 0.15) is 0 Å². The van der Waals surface area contributed by atoms with Crippen molar-refractivity contribution < 1.29 is 18.0 Å². The van der Waals surface area contributed by atoms with E-state index >= 15 is 0 Å². The van der Waals surface area contributed by atoms with Crippen molar-refractivity contribution in [3.63, 3.8) is 0 Å². The van der Waals surface area contributed by atoms with Crippen LogP contribution in [0.2, 0.25) is 0 Å². The highest BCUT2D eigenvalue weighted by Crippen LogP contribution is 2.36. The molecule has 1 atom stereocenters. The minimum Gasteiger partial charge on any atom is -0.346 e. The van der Waals surface area contributed by atoms with Gasteiger partial charge in [0, 0.05) is 17.1 Å². The van der Waals surface area contributed by atoms with Gasteiger partial charge in [-0.05, 0) is 31.4 Å². The Morgan fingerprint density at radius 2 is 1.89 bits per heavy atom. The lowest BCUT2D eigenvalue weighted by Crippen LogP contribution is -2.50. The number of amides is 1. The summed E-state index contributed by atoms with van der Waals surface area (Å²) in [5.41, 5.74) is -0.289. The first kappa shape index (κ1) is 19.6. The molecule has 1 N–H and O–H groups in total. The molecule has 1 heterocycles. The van der Waals surface area contributed by atoms with E-state index in [1.165, 1.54) is 13.1 Å². The van der Waals surface area contributed by atoms with Crippen LogP contribution < -0.4 is 5.32 Å². The molecule has 1 aromatic carbocycles. The minimum atomic E-state index is -4.33. The summed E-state index contributed by atoms with van der Waals surface area (Å²) in [7, 11) is 0. The number of carbonyl (C=O) groups excluding carboxylic acids is 1. The molecular weight excluding hydrogens is 353 g/mol. The van der Waals surface area contributed by atoms with Crippen LogP contribution in [0.25, 0.3) is 10.9 Å². The number of hydrogen-bond acceptors (Lipinski definition) is 2. The van der Waals surface area contributed by atoms with E-state index in [-0.39, 0.29) is 11.5 Å². The van der Waals surface area contributed by atoms with Gasteiger partial charge in [-0.2, -0.15) is 13.2 Å². The Labute approximate surface area is 157 Å². The third kappa shape index (κ3) is 5.44. The standard InChI is InChI=1S/C21H25F3N2O/c1-20(14-21(22,23)24,12-15-7-3-2-4-8-15)26-19(27)17-11-16-9-5-6-10-18(16)25-13-17/h5-6,9-11,13,15H,2-4,7-8,12,14H2,1H3,(H,26,27). The fourth-order valence-electron chi connectivity index (χ4n) is 4.18. The Bertz CT molecular complexity index is 799. The normalized spacial score (nSPS) is 18.2. The first-order chi connectivity index (χ1) is 12.7. The minimum absolute atomic E-state index is 0.223. The van der Waals surface area contributed by atoms with Gasteiger partial charge < -0.3 is 5.32 Å². The number of carbonyl (C=O) groups is 1. The smallest absolute Gasteiger partial charge is 0.346 e. The Hall–Kier alpha value is -2.11. The average Bonchev–Trinajstić information content (AvgIpc) is 2.60. The number of halogens is 3. The Morgan fingerprint density at radius 1 is 1.19 bits per heavy atom. The lowest BCUT2D eigenvalue weighted by atomic mass is 9.78. The highest BCUT2D eigenvalue weighted by atomic mass is 19.4. The van der Waals surface area contributed by atoms with Crippen LogP contribution in [0.5, 0.6) is 0 Å². The average molecular weight is 378 g/mol. The molecule has 1 saturated carbocycles. The van der Waals surface area contributed by atoms with Crippen molar-refractivity contribution in [2.24, 2.45) is 5.92 Å². The van der Waals surface area contributed by atoms with Gasteiger partial charge in [0.2, 0.25) is 0 Å². The van der Waals surface area contributed by atoms with E-state index in [0.29, 0.717) is 6.42 Å².